The number of aromatic nitrogens is 1. The predicted molar refractivity (Wildman–Crippen MR) is 70.9 cm³/mol. The smallest absolute Gasteiger partial charge is 0.242 e. The monoisotopic (exact) mass is 288 g/mol. The van der Waals surface area contributed by atoms with Gasteiger partial charge < -0.3 is 0 Å². The fourth-order valence-electron chi connectivity index (χ4n) is 2.32. The molecule has 100 valence electrons. The van der Waals surface area contributed by atoms with Crippen LogP contribution in [-0.4, -0.2) is 19.4 Å². The van der Waals surface area contributed by atoms with Crippen LogP contribution in [0.5, 0.6) is 0 Å². The molecule has 3 unspecified atom stereocenters. The Hall–Kier alpha value is -0.650. The Bertz CT molecular complexity index is 515. The number of pyridine rings is 1. The van der Waals surface area contributed by atoms with Crippen molar-refractivity contribution in [2.45, 2.75) is 37.6 Å². The first kappa shape index (κ1) is 13.8. The molecule has 0 radical (unpaired) electrons. The molecular weight excluding hydrogens is 272 g/mol. The third-order valence-corrected chi connectivity index (χ3v) is 5.48. The summed E-state index contributed by atoms with van der Waals surface area (Å²) in [7, 11) is -3.49. The molecule has 1 saturated carbocycles. The minimum atomic E-state index is -3.49. The summed E-state index contributed by atoms with van der Waals surface area (Å²) < 4.78 is 27.1. The number of nitrogens with one attached hydrogen (secondary N) is 1. The van der Waals surface area contributed by atoms with Gasteiger partial charge in [-0.2, -0.15) is 0 Å². The molecule has 0 aliphatic heterocycles. The molecule has 0 spiro atoms. The van der Waals surface area contributed by atoms with E-state index in [4.69, 9.17) is 11.6 Å². The van der Waals surface area contributed by atoms with E-state index in [1.54, 1.807) is 0 Å². The summed E-state index contributed by atoms with van der Waals surface area (Å²) in [5.74, 6) is 0.918. The average Bonchev–Trinajstić information content (AvgIpc) is 2.61. The Morgan fingerprint density at radius 3 is 2.56 bits per heavy atom. The Labute approximate surface area is 113 Å². The average molecular weight is 289 g/mol. The van der Waals surface area contributed by atoms with E-state index in [1.807, 2.05) is 0 Å². The van der Waals surface area contributed by atoms with Gasteiger partial charge in [-0.25, -0.2) is 18.1 Å². The van der Waals surface area contributed by atoms with Crippen molar-refractivity contribution in [1.29, 1.82) is 0 Å². The highest BCUT2D eigenvalue weighted by atomic mass is 35.5. The van der Waals surface area contributed by atoms with Crippen LogP contribution in [0.2, 0.25) is 5.15 Å². The van der Waals surface area contributed by atoms with Gasteiger partial charge in [0.15, 0.2) is 0 Å². The van der Waals surface area contributed by atoms with Gasteiger partial charge in [0.25, 0.3) is 0 Å². The van der Waals surface area contributed by atoms with E-state index in [-0.39, 0.29) is 16.1 Å². The quantitative estimate of drug-likeness (QED) is 0.869. The maximum Gasteiger partial charge on any atom is 0.242 e. The van der Waals surface area contributed by atoms with Crippen molar-refractivity contribution >= 4 is 21.6 Å². The Kier molecular flexibility index (Phi) is 3.94. The van der Waals surface area contributed by atoms with E-state index in [2.05, 4.69) is 23.6 Å². The van der Waals surface area contributed by atoms with Gasteiger partial charge in [-0.1, -0.05) is 25.4 Å². The normalized spacial score (nSPS) is 28.5. The lowest BCUT2D eigenvalue weighted by Crippen LogP contribution is -2.37. The van der Waals surface area contributed by atoms with E-state index in [0.29, 0.717) is 11.8 Å². The lowest BCUT2D eigenvalue weighted by molar-refractivity contribution is 0.402. The van der Waals surface area contributed by atoms with Gasteiger partial charge in [0, 0.05) is 12.2 Å². The molecule has 1 aliphatic carbocycles. The molecule has 1 aromatic heterocycles. The molecule has 18 heavy (non-hydrogen) atoms. The number of hydrogen-bond donors (Lipinski definition) is 1. The number of halogens is 1. The predicted octanol–water partition coefficient (Wildman–Crippen LogP) is 2.45. The van der Waals surface area contributed by atoms with Crippen molar-refractivity contribution in [3.63, 3.8) is 0 Å². The maximum atomic E-state index is 12.2. The highest BCUT2D eigenvalue weighted by Gasteiger charge is 2.33. The first-order valence-corrected chi connectivity index (χ1v) is 7.90. The number of nitrogens with zero attached hydrogens (tertiary/aromatic N) is 1. The van der Waals surface area contributed by atoms with Crippen LogP contribution in [0.3, 0.4) is 0 Å². The minimum Gasteiger partial charge on any atom is -0.243 e. The second kappa shape index (κ2) is 5.15. The molecule has 4 nitrogen and oxygen atoms in total. The second-order valence-corrected chi connectivity index (χ2v) is 7.06. The lowest BCUT2D eigenvalue weighted by atomic mass is 9.98. The summed E-state index contributed by atoms with van der Waals surface area (Å²) in [4.78, 5) is 3.97. The first-order chi connectivity index (χ1) is 8.40. The van der Waals surface area contributed by atoms with E-state index >= 15 is 0 Å². The van der Waals surface area contributed by atoms with E-state index in [9.17, 15) is 8.42 Å². The van der Waals surface area contributed by atoms with Crippen LogP contribution in [-0.2, 0) is 10.0 Å². The van der Waals surface area contributed by atoms with Crippen LogP contribution in [0, 0.1) is 11.8 Å². The molecule has 1 fully saturated rings. The zero-order chi connectivity index (χ0) is 13.3. The van der Waals surface area contributed by atoms with Gasteiger partial charge in [-0.3, -0.25) is 0 Å². The summed E-state index contributed by atoms with van der Waals surface area (Å²) in [6, 6.07) is 2.97. The zero-order valence-corrected chi connectivity index (χ0v) is 12.0. The van der Waals surface area contributed by atoms with Gasteiger partial charge in [-0.05, 0) is 36.8 Å². The Morgan fingerprint density at radius 1 is 1.33 bits per heavy atom. The highest BCUT2D eigenvalue weighted by molar-refractivity contribution is 7.89. The van der Waals surface area contributed by atoms with Crippen molar-refractivity contribution in [3.05, 3.63) is 23.5 Å². The summed E-state index contributed by atoms with van der Waals surface area (Å²) >= 11 is 5.65. The van der Waals surface area contributed by atoms with Crippen LogP contribution in [0.4, 0.5) is 0 Å². The SMILES string of the molecule is CC1CCC(NS(=O)(=O)c2ccc(Cl)nc2)C1C. The summed E-state index contributed by atoms with van der Waals surface area (Å²) in [6.45, 7) is 4.24. The molecule has 1 N–H and O–H groups in total. The fraction of sp³-hybridized carbons (Fsp3) is 0.583. The second-order valence-electron chi connectivity index (χ2n) is 4.96. The third kappa shape index (κ3) is 2.84. The van der Waals surface area contributed by atoms with Crippen molar-refractivity contribution in [3.8, 4) is 0 Å². The van der Waals surface area contributed by atoms with Gasteiger partial charge in [0.1, 0.15) is 10.0 Å². The third-order valence-electron chi connectivity index (χ3n) is 3.78. The van der Waals surface area contributed by atoms with Gasteiger partial charge in [0.05, 0.1) is 0 Å². The molecule has 1 aliphatic rings. The van der Waals surface area contributed by atoms with Gasteiger partial charge >= 0.3 is 0 Å². The molecule has 0 bridgehead atoms. The number of hydrogen-bond acceptors (Lipinski definition) is 3. The zero-order valence-electron chi connectivity index (χ0n) is 10.4. The first-order valence-electron chi connectivity index (χ1n) is 6.04. The lowest BCUT2D eigenvalue weighted by Gasteiger charge is -2.19. The van der Waals surface area contributed by atoms with Gasteiger partial charge in [0.2, 0.25) is 10.0 Å². The van der Waals surface area contributed by atoms with Crippen LogP contribution in [0.15, 0.2) is 23.2 Å². The molecular formula is C12H17ClN2O2S. The summed E-state index contributed by atoms with van der Waals surface area (Å²) in [5, 5.41) is 0.289. The molecule has 0 saturated heterocycles. The minimum absolute atomic E-state index is 0.0145. The molecule has 1 heterocycles. The van der Waals surface area contributed by atoms with Crippen LogP contribution >= 0.6 is 11.6 Å². The molecule has 0 amide bonds. The molecule has 3 atom stereocenters. The molecule has 0 aromatic carbocycles. The molecule has 1 aromatic rings. The van der Waals surface area contributed by atoms with Gasteiger partial charge in [-0.15, -0.1) is 0 Å². The van der Waals surface area contributed by atoms with Crippen molar-refractivity contribution in [2.24, 2.45) is 11.8 Å². The van der Waals surface area contributed by atoms with Crippen LogP contribution in [0.1, 0.15) is 26.7 Å². The maximum absolute atomic E-state index is 12.2. The number of rotatable bonds is 3. The Morgan fingerprint density at radius 2 is 2.06 bits per heavy atom. The van der Waals surface area contributed by atoms with Crippen LogP contribution < -0.4 is 4.72 Å². The largest absolute Gasteiger partial charge is 0.243 e. The van der Waals surface area contributed by atoms with Crippen LogP contribution in [0.25, 0.3) is 0 Å². The van der Waals surface area contributed by atoms with Crippen molar-refractivity contribution < 1.29 is 8.42 Å². The Balaban J connectivity index is 2.15. The summed E-state index contributed by atoms with van der Waals surface area (Å²) in [5.41, 5.74) is 0. The van der Waals surface area contributed by atoms with E-state index in [0.717, 1.165) is 12.8 Å². The highest BCUT2D eigenvalue weighted by Crippen LogP contribution is 2.32. The topological polar surface area (TPSA) is 59.1 Å². The summed E-state index contributed by atoms with van der Waals surface area (Å²) in [6.07, 6.45) is 3.24. The van der Waals surface area contributed by atoms with Crippen molar-refractivity contribution in [2.75, 3.05) is 0 Å². The standard InChI is InChI=1S/C12H17ClN2O2S/c1-8-3-5-11(9(8)2)15-18(16,17)10-4-6-12(13)14-7-10/h4,6-9,11,15H,3,5H2,1-2H3. The van der Waals surface area contributed by atoms with E-state index < -0.39 is 10.0 Å². The fourth-order valence-corrected chi connectivity index (χ4v) is 3.74. The molecule has 2 rings (SSSR count). The van der Waals surface area contributed by atoms with Crippen molar-refractivity contribution in [1.82, 2.24) is 9.71 Å². The number of sulfonamides is 1. The van der Waals surface area contributed by atoms with E-state index in [1.165, 1.54) is 18.3 Å². The molecule has 6 heteroatoms.